The Balaban J connectivity index is 2.79. The molecule has 1 rings (SSSR count). The molecule has 1 saturated carbocycles. The van der Waals surface area contributed by atoms with Crippen molar-refractivity contribution in [1.82, 2.24) is 0 Å². The Labute approximate surface area is 86.0 Å². The Morgan fingerprint density at radius 2 is 2.00 bits per heavy atom. The number of methoxy groups -OCH3 is 1. The summed E-state index contributed by atoms with van der Waals surface area (Å²) in [5, 5.41) is 0. The molecular weight excluding hydrogens is 178 g/mol. The predicted molar refractivity (Wildman–Crippen MR) is 55.7 cm³/mol. The van der Waals surface area contributed by atoms with E-state index < -0.39 is 5.54 Å². The van der Waals surface area contributed by atoms with Crippen LogP contribution in [0, 0.1) is 11.3 Å². The summed E-state index contributed by atoms with van der Waals surface area (Å²) in [5.41, 5.74) is 5.65. The third-order valence-corrected chi connectivity index (χ3v) is 3.52. The molecule has 0 bridgehead atoms. The van der Waals surface area contributed by atoms with Gasteiger partial charge in [-0.1, -0.05) is 20.8 Å². The van der Waals surface area contributed by atoms with Crippen molar-refractivity contribution in [2.45, 2.75) is 45.6 Å². The van der Waals surface area contributed by atoms with E-state index in [0.717, 1.165) is 19.3 Å². The number of nitrogens with two attached hydrogens (primary N) is 1. The molecule has 0 amide bonds. The molecule has 1 fully saturated rings. The number of carbonyl (C=O) groups excluding carboxylic acids is 1. The zero-order chi connectivity index (χ0) is 11.0. The first-order valence-corrected chi connectivity index (χ1v) is 5.19. The van der Waals surface area contributed by atoms with E-state index >= 15 is 0 Å². The molecule has 14 heavy (non-hydrogen) atoms. The van der Waals surface area contributed by atoms with Gasteiger partial charge in [-0.25, -0.2) is 0 Å². The van der Waals surface area contributed by atoms with Gasteiger partial charge >= 0.3 is 5.97 Å². The van der Waals surface area contributed by atoms with E-state index in [1.165, 1.54) is 7.11 Å². The highest BCUT2D eigenvalue weighted by atomic mass is 16.5. The molecule has 0 aliphatic heterocycles. The van der Waals surface area contributed by atoms with Crippen LogP contribution < -0.4 is 5.73 Å². The fourth-order valence-corrected chi connectivity index (χ4v) is 2.40. The predicted octanol–water partition coefficient (Wildman–Crippen LogP) is 1.70. The number of hydrogen-bond donors (Lipinski definition) is 1. The summed E-state index contributed by atoms with van der Waals surface area (Å²) >= 11 is 0. The minimum Gasteiger partial charge on any atom is -0.468 e. The fourth-order valence-electron chi connectivity index (χ4n) is 2.40. The number of hydrogen-bond acceptors (Lipinski definition) is 3. The summed E-state index contributed by atoms with van der Waals surface area (Å²) in [6, 6.07) is 0. The Kier molecular flexibility index (Phi) is 2.91. The summed E-state index contributed by atoms with van der Waals surface area (Å²) in [6.45, 7) is 6.48. The van der Waals surface area contributed by atoms with Crippen molar-refractivity contribution < 1.29 is 9.53 Å². The Morgan fingerprint density at radius 3 is 2.43 bits per heavy atom. The molecule has 0 spiro atoms. The molecule has 1 aliphatic carbocycles. The Bertz CT molecular complexity index is 237. The normalized spacial score (nSPS) is 36.5. The summed E-state index contributed by atoms with van der Waals surface area (Å²) < 4.78 is 4.77. The van der Waals surface area contributed by atoms with E-state index in [0.29, 0.717) is 5.41 Å². The van der Waals surface area contributed by atoms with E-state index in [1.807, 2.05) is 6.92 Å². The number of rotatable bonds is 1. The molecule has 2 N–H and O–H groups in total. The topological polar surface area (TPSA) is 52.3 Å². The van der Waals surface area contributed by atoms with Crippen molar-refractivity contribution in [3.05, 3.63) is 0 Å². The third-order valence-electron chi connectivity index (χ3n) is 3.52. The maximum atomic E-state index is 11.6. The lowest BCUT2D eigenvalue weighted by molar-refractivity contribution is -0.151. The zero-order valence-corrected chi connectivity index (χ0v) is 9.59. The number of carbonyl (C=O) groups is 1. The number of ether oxygens (including phenoxy) is 1. The first-order chi connectivity index (χ1) is 6.32. The van der Waals surface area contributed by atoms with Gasteiger partial charge in [0.05, 0.1) is 7.11 Å². The average molecular weight is 199 g/mol. The highest BCUT2D eigenvalue weighted by Crippen LogP contribution is 2.43. The van der Waals surface area contributed by atoms with E-state index in [2.05, 4.69) is 13.8 Å². The summed E-state index contributed by atoms with van der Waals surface area (Å²) in [5.74, 6) is -0.0702. The monoisotopic (exact) mass is 199 g/mol. The zero-order valence-electron chi connectivity index (χ0n) is 9.59. The van der Waals surface area contributed by atoms with E-state index in [1.54, 1.807) is 0 Å². The molecule has 1 aliphatic rings. The second-order valence-electron chi connectivity index (χ2n) is 5.30. The van der Waals surface area contributed by atoms with Crippen LogP contribution in [0.15, 0.2) is 0 Å². The van der Waals surface area contributed by atoms with Crippen LogP contribution >= 0.6 is 0 Å². The molecule has 3 heteroatoms. The van der Waals surface area contributed by atoms with Crippen LogP contribution in [0.25, 0.3) is 0 Å². The van der Waals surface area contributed by atoms with Crippen LogP contribution in [0.3, 0.4) is 0 Å². The van der Waals surface area contributed by atoms with Gasteiger partial charge in [-0.05, 0) is 30.6 Å². The minimum atomic E-state index is -0.760. The molecule has 3 nitrogen and oxygen atoms in total. The Morgan fingerprint density at radius 1 is 1.43 bits per heavy atom. The summed E-state index contributed by atoms with van der Waals surface area (Å²) in [4.78, 5) is 11.6. The third kappa shape index (κ3) is 1.92. The highest BCUT2D eigenvalue weighted by Gasteiger charge is 2.46. The average Bonchev–Trinajstić information content (AvgIpc) is 2.10. The van der Waals surface area contributed by atoms with Gasteiger partial charge in [-0.2, -0.15) is 0 Å². The van der Waals surface area contributed by atoms with Crippen molar-refractivity contribution in [3.63, 3.8) is 0 Å². The van der Waals surface area contributed by atoms with Gasteiger partial charge in [-0.15, -0.1) is 0 Å². The molecule has 0 aromatic carbocycles. The molecule has 0 heterocycles. The molecule has 0 aromatic heterocycles. The minimum absolute atomic E-state index is 0.193. The van der Waals surface area contributed by atoms with Gasteiger partial charge in [-0.3, -0.25) is 4.79 Å². The molecule has 2 unspecified atom stereocenters. The van der Waals surface area contributed by atoms with Crippen LogP contribution in [0.5, 0.6) is 0 Å². The molecule has 2 atom stereocenters. The van der Waals surface area contributed by atoms with Crippen LogP contribution in [0.4, 0.5) is 0 Å². The molecule has 0 saturated heterocycles. The largest absolute Gasteiger partial charge is 0.468 e. The van der Waals surface area contributed by atoms with Crippen molar-refractivity contribution in [3.8, 4) is 0 Å². The van der Waals surface area contributed by atoms with Gasteiger partial charge in [0.15, 0.2) is 0 Å². The quantitative estimate of drug-likeness (QED) is 0.654. The van der Waals surface area contributed by atoms with E-state index in [-0.39, 0.29) is 11.9 Å². The van der Waals surface area contributed by atoms with E-state index in [4.69, 9.17) is 10.5 Å². The van der Waals surface area contributed by atoms with Gasteiger partial charge in [0, 0.05) is 0 Å². The van der Waals surface area contributed by atoms with E-state index in [9.17, 15) is 4.79 Å². The maximum Gasteiger partial charge on any atom is 0.326 e. The lowest BCUT2D eigenvalue weighted by Gasteiger charge is -2.44. The van der Waals surface area contributed by atoms with Crippen molar-refractivity contribution in [2.24, 2.45) is 17.1 Å². The van der Waals surface area contributed by atoms with Gasteiger partial charge in [0.1, 0.15) is 5.54 Å². The summed E-state index contributed by atoms with van der Waals surface area (Å²) in [6.07, 6.45) is 2.70. The van der Waals surface area contributed by atoms with Crippen molar-refractivity contribution in [2.75, 3.05) is 7.11 Å². The van der Waals surface area contributed by atoms with Crippen molar-refractivity contribution in [1.29, 1.82) is 0 Å². The maximum absolute atomic E-state index is 11.6. The first kappa shape index (κ1) is 11.5. The first-order valence-electron chi connectivity index (χ1n) is 5.19. The fraction of sp³-hybridized carbons (Fsp3) is 0.909. The van der Waals surface area contributed by atoms with Gasteiger partial charge in [0.2, 0.25) is 0 Å². The number of esters is 1. The van der Waals surface area contributed by atoms with Crippen LogP contribution in [-0.2, 0) is 9.53 Å². The lowest BCUT2D eigenvalue weighted by Crippen LogP contribution is -2.57. The molecule has 82 valence electrons. The Hall–Kier alpha value is -0.570. The van der Waals surface area contributed by atoms with Crippen LogP contribution in [-0.4, -0.2) is 18.6 Å². The smallest absolute Gasteiger partial charge is 0.326 e. The SMILES string of the molecule is COC(=O)C1(N)CCC(C)(C)CC1C. The lowest BCUT2D eigenvalue weighted by atomic mass is 9.64. The second-order valence-corrected chi connectivity index (χ2v) is 5.30. The molecule has 0 aromatic rings. The highest BCUT2D eigenvalue weighted by molar-refractivity contribution is 5.81. The van der Waals surface area contributed by atoms with Gasteiger partial charge in [0.25, 0.3) is 0 Å². The standard InChI is InChI=1S/C11H21NO2/c1-8-7-10(2,3)5-6-11(8,12)9(13)14-4/h8H,5-7,12H2,1-4H3. The summed E-state index contributed by atoms with van der Waals surface area (Å²) in [7, 11) is 1.41. The van der Waals surface area contributed by atoms with Crippen LogP contribution in [0.1, 0.15) is 40.0 Å². The molecular formula is C11H21NO2. The van der Waals surface area contributed by atoms with Gasteiger partial charge < -0.3 is 10.5 Å². The molecule has 0 radical (unpaired) electrons. The van der Waals surface area contributed by atoms with Crippen molar-refractivity contribution >= 4 is 5.97 Å². The second kappa shape index (κ2) is 3.54. The van der Waals surface area contributed by atoms with Crippen LogP contribution in [0.2, 0.25) is 0 Å².